The largest absolute Gasteiger partial charge is 0.396 e. The highest BCUT2D eigenvalue weighted by Crippen LogP contribution is 2.29. The number of carbonyl (C=O) groups excluding carboxylic acids is 1. The van der Waals surface area contributed by atoms with E-state index in [0.29, 0.717) is 30.9 Å². The molecular weight excluding hydrogens is 214 g/mol. The summed E-state index contributed by atoms with van der Waals surface area (Å²) in [5.41, 5.74) is 0. The summed E-state index contributed by atoms with van der Waals surface area (Å²) in [5, 5.41) is 8.91. The molecule has 1 N–H and O–H groups in total. The number of hydrogen-bond donors (Lipinski definition) is 1. The van der Waals surface area contributed by atoms with E-state index >= 15 is 0 Å². The summed E-state index contributed by atoms with van der Waals surface area (Å²) in [5.74, 6) is 0.979. The lowest BCUT2D eigenvalue weighted by atomic mass is 9.83. The van der Waals surface area contributed by atoms with Gasteiger partial charge in [0, 0.05) is 26.1 Å². The fourth-order valence-corrected chi connectivity index (χ4v) is 2.71. The summed E-state index contributed by atoms with van der Waals surface area (Å²) < 4.78 is 0. The van der Waals surface area contributed by atoms with E-state index in [4.69, 9.17) is 5.11 Å². The van der Waals surface area contributed by atoms with Crippen LogP contribution in [0.15, 0.2) is 0 Å². The molecule has 0 aliphatic heterocycles. The van der Waals surface area contributed by atoms with Gasteiger partial charge in [0.2, 0.25) is 5.91 Å². The maximum absolute atomic E-state index is 11.9. The van der Waals surface area contributed by atoms with Crippen molar-refractivity contribution in [2.45, 2.75) is 64.3 Å². The van der Waals surface area contributed by atoms with Gasteiger partial charge in [-0.1, -0.05) is 13.3 Å². The SMILES string of the molecule is CCCCC(=O)N(C)C1CCC(CCO)CC1. The Bertz CT molecular complexity index is 222. The average molecular weight is 241 g/mol. The molecule has 0 bridgehead atoms. The first-order valence-corrected chi connectivity index (χ1v) is 7.05. The van der Waals surface area contributed by atoms with Crippen molar-refractivity contribution < 1.29 is 9.90 Å². The highest BCUT2D eigenvalue weighted by molar-refractivity contribution is 5.76. The molecule has 0 heterocycles. The number of rotatable bonds is 6. The van der Waals surface area contributed by atoms with Gasteiger partial charge in [0.25, 0.3) is 0 Å². The third-order valence-electron chi connectivity index (χ3n) is 4.04. The van der Waals surface area contributed by atoms with E-state index in [-0.39, 0.29) is 0 Å². The van der Waals surface area contributed by atoms with E-state index in [2.05, 4.69) is 6.92 Å². The number of unbranched alkanes of at least 4 members (excludes halogenated alkanes) is 1. The van der Waals surface area contributed by atoms with Crippen molar-refractivity contribution in [2.75, 3.05) is 13.7 Å². The van der Waals surface area contributed by atoms with Gasteiger partial charge in [0.1, 0.15) is 0 Å². The second kappa shape index (κ2) is 7.70. The maximum Gasteiger partial charge on any atom is 0.222 e. The Morgan fingerprint density at radius 2 is 1.94 bits per heavy atom. The van der Waals surface area contributed by atoms with Crippen LogP contribution in [0.5, 0.6) is 0 Å². The van der Waals surface area contributed by atoms with E-state index in [1.54, 1.807) is 0 Å². The topological polar surface area (TPSA) is 40.5 Å². The van der Waals surface area contributed by atoms with Gasteiger partial charge in [-0.3, -0.25) is 4.79 Å². The average Bonchev–Trinajstić information content (AvgIpc) is 2.36. The van der Waals surface area contributed by atoms with Crippen LogP contribution in [0, 0.1) is 5.92 Å². The monoisotopic (exact) mass is 241 g/mol. The molecule has 1 saturated carbocycles. The zero-order valence-electron chi connectivity index (χ0n) is 11.3. The number of carbonyl (C=O) groups is 1. The minimum Gasteiger partial charge on any atom is -0.396 e. The van der Waals surface area contributed by atoms with Crippen molar-refractivity contribution in [3.8, 4) is 0 Å². The molecule has 0 saturated heterocycles. The van der Waals surface area contributed by atoms with Crippen LogP contribution < -0.4 is 0 Å². The summed E-state index contributed by atoms with van der Waals surface area (Å²) in [4.78, 5) is 13.9. The van der Waals surface area contributed by atoms with Gasteiger partial charge < -0.3 is 10.0 Å². The molecule has 0 radical (unpaired) electrons. The molecule has 0 unspecified atom stereocenters. The zero-order chi connectivity index (χ0) is 12.7. The number of nitrogens with zero attached hydrogens (tertiary/aromatic N) is 1. The summed E-state index contributed by atoms with van der Waals surface area (Å²) in [6.45, 7) is 2.42. The Morgan fingerprint density at radius 1 is 1.29 bits per heavy atom. The molecule has 0 aromatic carbocycles. The van der Waals surface area contributed by atoms with E-state index < -0.39 is 0 Å². The van der Waals surface area contributed by atoms with Gasteiger partial charge in [-0.25, -0.2) is 0 Å². The van der Waals surface area contributed by atoms with E-state index in [0.717, 1.165) is 44.9 Å². The first-order valence-electron chi connectivity index (χ1n) is 7.05. The van der Waals surface area contributed by atoms with Crippen LogP contribution in [0.2, 0.25) is 0 Å². The van der Waals surface area contributed by atoms with Gasteiger partial charge in [0.05, 0.1) is 0 Å². The maximum atomic E-state index is 11.9. The van der Waals surface area contributed by atoms with Crippen LogP contribution in [0.1, 0.15) is 58.3 Å². The van der Waals surface area contributed by atoms with Crippen LogP contribution in [-0.4, -0.2) is 35.6 Å². The fourth-order valence-electron chi connectivity index (χ4n) is 2.71. The number of amides is 1. The van der Waals surface area contributed by atoms with E-state index in [1.807, 2.05) is 11.9 Å². The lowest BCUT2D eigenvalue weighted by Crippen LogP contribution is -2.39. The van der Waals surface area contributed by atoms with Crippen molar-refractivity contribution in [1.82, 2.24) is 4.90 Å². The van der Waals surface area contributed by atoms with Crippen LogP contribution in [0.4, 0.5) is 0 Å². The van der Waals surface area contributed by atoms with Crippen LogP contribution in [0.25, 0.3) is 0 Å². The van der Waals surface area contributed by atoms with Crippen molar-refractivity contribution in [1.29, 1.82) is 0 Å². The van der Waals surface area contributed by atoms with Crippen LogP contribution in [-0.2, 0) is 4.79 Å². The molecule has 1 aliphatic carbocycles. The predicted octanol–water partition coefficient (Wildman–Crippen LogP) is 2.58. The standard InChI is InChI=1S/C14H27NO2/c1-3-4-5-14(17)15(2)13-8-6-12(7-9-13)10-11-16/h12-13,16H,3-11H2,1-2H3. The van der Waals surface area contributed by atoms with E-state index in [9.17, 15) is 4.79 Å². The Balaban J connectivity index is 2.29. The number of aliphatic hydroxyl groups excluding tert-OH is 1. The predicted molar refractivity (Wildman–Crippen MR) is 69.7 cm³/mol. The number of aliphatic hydroxyl groups is 1. The minimum absolute atomic E-state index is 0.303. The highest BCUT2D eigenvalue weighted by atomic mass is 16.3. The molecule has 0 aromatic heterocycles. The van der Waals surface area contributed by atoms with Gasteiger partial charge in [-0.05, 0) is 44.4 Å². The van der Waals surface area contributed by atoms with Gasteiger partial charge in [-0.15, -0.1) is 0 Å². The third kappa shape index (κ3) is 4.66. The lowest BCUT2D eigenvalue weighted by molar-refractivity contribution is -0.132. The highest BCUT2D eigenvalue weighted by Gasteiger charge is 2.25. The zero-order valence-corrected chi connectivity index (χ0v) is 11.3. The quantitative estimate of drug-likeness (QED) is 0.776. The molecule has 1 amide bonds. The summed E-state index contributed by atoms with van der Waals surface area (Å²) >= 11 is 0. The Hall–Kier alpha value is -0.570. The summed E-state index contributed by atoms with van der Waals surface area (Å²) in [6.07, 6.45) is 8.26. The molecule has 100 valence electrons. The molecule has 0 atom stereocenters. The minimum atomic E-state index is 0.303. The van der Waals surface area contributed by atoms with Crippen LogP contribution in [0.3, 0.4) is 0 Å². The molecule has 0 aromatic rings. The molecule has 3 heteroatoms. The molecule has 1 rings (SSSR count). The van der Waals surface area contributed by atoms with Crippen molar-refractivity contribution >= 4 is 5.91 Å². The Kier molecular flexibility index (Phi) is 6.56. The summed E-state index contributed by atoms with van der Waals surface area (Å²) in [7, 11) is 1.95. The Morgan fingerprint density at radius 3 is 2.47 bits per heavy atom. The smallest absolute Gasteiger partial charge is 0.222 e. The third-order valence-corrected chi connectivity index (χ3v) is 4.04. The summed E-state index contributed by atoms with van der Waals surface area (Å²) in [6, 6.07) is 0.439. The first-order chi connectivity index (χ1) is 8.19. The number of hydrogen-bond acceptors (Lipinski definition) is 2. The fraction of sp³-hybridized carbons (Fsp3) is 0.929. The molecule has 0 spiro atoms. The van der Waals surface area contributed by atoms with E-state index in [1.165, 1.54) is 0 Å². The first kappa shape index (κ1) is 14.5. The van der Waals surface area contributed by atoms with Gasteiger partial charge in [0.15, 0.2) is 0 Å². The van der Waals surface area contributed by atoms with Crippen LogP contribution >= 0.6 is 0 Å². The van der Waals surface area contributed by atoms with Crippen molar-refractivity contribution in [2.24, 2.45) is 5.92 Å². The van der Waals surface area contributed by atoms with Gasteiger partial charge >= 0.3 is 0 Å². The second-order valence-electron chi connectivity index (χ2n) is 5.30. The van der Waals surface area contributed by atoms with Crippen molar-refractivity contribution in [3.63, 3.8) is 0 Å². The second-order valence-corrected chi connectivity index (χ2v) is 5.30. The molecular formula is C14H27NO2. The van der Waals surface area contributed by atoms with Crippen molar-refractivity contribution in [3.05, 3.63) is 0 Å². The lowest BCUT2D eigenvalue weighted by Gasteiger charge is -2.34. The Labute approximate surface area is 105 Å². The molecule has 1 aliphatic rings. The normalized spacial score (nSPS) is 24.6. The van der Waals surface area contributed by atoms with Gasteiger partial charge in [-0.2, -0.15) is 0 Å². The molecule has 3 nitrogen and oxygen atoms in total. The molecule has 17 heavy (non-hydrogen) atoms. The molecule has 1 fully saturated rings.